The number of carbonyl (C=O) groups excluding carboxylic acids is 1. The molecule has 0 spiro atoms. The van der Waals surface area contributed by atoms with Crippen LogP contribution >= 0.6 is 11.6 Å². The number of rotatable bonds is 11. The van der Waals surface area contributed by atoms with E-state index in [1.807, 2.05) is 0 Å². The molecule has 0 radical (unpaired) electrons. The van der Waals surface area contributed by atoms with E-state index in [9.17, 15) is 35.6 Å². The first-order chi connectivity index (χ1) is 29.3. The average molecular weight is 900 g/mol. The number of aryl methyl sites for hydroxylation is 1. The summed E-state index contributed by atoms with van der Waals surface area (Å²) < 4.78 is 133. The molecule has 1 fully saturated rings. The fourth-order valence-electron chi connectivity index (χ4n) is 8.31. The van der Waals surface area contributed by atoms with Crippen molar-refractivity contribution in [3.8, 4) is 16.8 Å². The number of benzene rings is 3. The molecule has 0 bridgehead atoms. The van der Waals surface area contributed by atoms with E-state index in [-0.39, 0.29) is 73.0 Å². The number of aromatic nitrogens is 7. The lowest BCUT2D eigenvalue weighted by Gasteiger charge is -2.24. The third-order valence-corrected chi connectivity index (χ3v) is 11.7. The summed E-state index contributed by atoms with van der Waals surface area (Å²) in [6.45, 7) is -1.03. The van der Waals surface area contributed by atoms with E-state index < -0.39 is 93.5 Å². The summed E-state index contributed by atoms with van der Waals surface area (Å²) in [6.07, 6.45) is -1.67. The molecule has 2 aliphatic carbocycles. The van der Waals surface area contributed by atoms with Crippen LogP contribution in [0, 0.1) is 23.4 Å². The molecule has 320 valence electrons. The van der Waals surface area contributed by atoms with Crippen molar-refractivity contribution in [2.24, 2.45) is 13.0 Å². The van der Waals surface area contributed by atoms with Crippen LogP contribution in [-0.2, 0) is 40.8 Å². The summed E-state index contributed by atoms with van der Waals surface area (Å²) in [5.74, 6) is -10.0. The van der Waals surface area contributed by atoms with Crippen molar-refractivity contribution in [1.82, 2.24) is 39.4 Å². The molecule has 1 saturated carbocycles. The van der Waals surface area contributed by atoms with Crippen LogP contribution in [0.15, 0.2) is 71.7 Å². The van der Waals surface area contributed by atoms with Gasteiger partial charge in [-0.05, 0) is 54.3 Å². The number of carbonyl (C=O) groups is 1. The Hall–Kier alpha value is -6.35. The molecule has 3 atom stereocenters. The number of nitrogens with zero attached hydrogens (tertiary/aromatic N) is 7. The zero-order valence-corrected chi connectivity index (χ0v) is 33.5. The van der Waals surface area contributed by atoms with Gasteiger partial charge in [0.1, 0.15) is 41.2 Å². The highest BCUT2D eigenvalue weighted by molar-refractivity contribution is 7.92. The van der Waals surface area contributed by atoms with Gasteiger partial charge < -0.3 is 5.32 Å². The van der Waals surface area contributed by atoms with E-state index in [0.29, 0.717) is 10.7 Å². The first-order valence-corrected chi connectivity index (χ1v) is 20.9. The fraction of sp³-hybridized carbons (Fsp3) is 0.250. The molecule has 13 nitrogen and oxygen atoms in total. The standard InChI is InChI=1S/C40H29ClF7N9O4S/c1-55-34-28(8-7-24(41)31(34)37(53-55)54-62(2,60)61)57-38(51-26-12-18(15-49-32(26)39(57)59)21-5-3-4-6-25(21)44)27(11-17-9-19(42)13-20(43)10-17)50-29(58)16-56-35-30(33(52-56)36(45)46)22-14-23(22)40(35,47)48/h3-10,12-13,15,22-23,27,36H,11,14,16H2,1-2H3,(H,50,58)(H,53,54)/t22?,23?,27-/m0/s1. The molecule has 1 amide bonds. The minimum absolute atomic E-state index is 0.0107. The maximum Gasteiger partial charge on any atom is 0.293 e. The normalized spacial score (nSPS) is 17.1. The van der Waals surface area contributed by atoms with E-state index >= 15 is 13.2 Å². The van der Waals surface area contributed by atoms with Gasteiger partial charge in [-0.1, -0.05) is 29.8 Å². The number of hydrogen-bond acceptors (Lipinski definition) is 8. The van der Waals surface area contributed by atoms with Crippen LogP contribution < -0.4 is 15.6 Å². The highest BCUT2D eigenvalue weighted by atomic mass is 35.5. The second-order valence-corrected chi connectivity index (χ2v) is 17.3. The van der Waals surface area contributed by atoms with Gasteiger partial charge >= 0.3 is 0 Å². The minimum Gasteiger partial charge on any atom is -0.344 e. The molecule has 62 heavy (non-hydrogen) atoms. The summed E-state index contributed by atoms with van der Waals surface area (Å²) in [5, 5.41) is 10.6. The molecule has 2 N–H and O–H groups in total. The molecular formula is C40H29ClF7N9O4S. The Morgan fingerprint density at radius 2 is 1.76 bits per heavy atom. The second kappa shape index (κ2) is 14.6. The van der Waals surface area contributed by atoms with Gasteiger partial charge in [0.05, 0.1) is 39.4 Å². The second-order valence-electron chi connectivity index (χ2n) is 15.1. The predicted octanol–water partition coefficient (Wildman–Crippen LogP) is 7.22. The van der Waals surface area contributed by atoms with Gasteiger partial charge in [0.25, 0.3) is 17.9 Å². The maximum absolute atomic E-state index is 15.5. The summed E-state index contributed by atoms with van der Waals surface area (Å²) in [7, 11) is -2.53. The van der Waals surface area contributed by atoms with Gasteiger partial charge in [-0.2, -0.15) is 19.0 Å². The predicted molar refractivity (Wildman–Crippen MR) is 211 cm³/mol. The third kappa shape index (κ3) is 7.01. The molecule has 2 unspecified atom stereocenters. The largest absolute Gasteiger partial charge is 0.344 e. The molecule has 0 aliphatic heterocycles. The van der Waals surface area contributed by atoms with Crippen LogP contribution in [0.4, 0.5) is 36.6 Å². The molecule has 9 rings (SSSR count). The fourth-order valence-corrected chi connectivity index (χ4v) is 9.04. The molecule has 4 heterocycles. The van der Waals surface area contributed by atoms with Crippen molar-refractivity contribution in [2.45, 2.75) is 43.7 Å². The van der Waals surface area contributed by atoms with Crippen molar-refractivity contribution in [3.05, 3.63) is 128 Å². The number of hydrogen-bond donors (Lipinski definition) is 2. The number of nitrogens with one attached hydrogen (secondary N) is 2. The molecule has 4 aromatic heterocycles. The highest BCUT2D eigenvalue weighted by Crippen LogP contribution is 2.68. The number of pyridine rings is 1. The molecule has 2 aliphatic rings. The van der Waals surface area contributed by atoms with Crippen molar-refractivity contribution in [3.63, 3.8) is 0 Å². The Morgan fingerprint density at radius 1 is 1.03 bits per heavy atom. The Balaban J connectivity index is 1.26. The van der Waals surface area contributed by atoms with Crippen molar-refractivity contribution in [2.75, 3.05) is 11.0 Å². The van der Waals surface area contributed by atoms with Crippen LogP contribution in [0.2, 0.25) is 5.02 Å². The lowest BCUT2D eigenvalue weighted by atomic mass is 10.0. The lowest BCUT2D eigenvalue weighted by molar-refractivity contribution is -0.123. The van der Waals surface area contributed by atoms with E-state index in [1.165, 1.54) is 54.3 Å². The maximum atomic E-state index is 15.5. The summed E-state index contributed by atoms with van der Waals surface area (Å²) in [5.41, 5.74) is -3.20. The zero-order chi connectivity index (χ0) is 44.2. The number of halogens is 8. The quantitative estimate of drug-likeness (QED) is 0.129. The Labute approximate surface area is 350 Å². The van der Waals surface area contributed by atoms with Crippen molar-refractivity contribution in [1.29, 1.82) is 0 Å². The smallest absolute Gasteiger partial charge is 0.293 e. The van der Waals surface area contributed by atoms with Gasteiger partial charge in [0.15, 0.2) is 11.3 Å². The van der Waals surface area contributed by atoms with Crippen LogP contribution in [0.1, 0.15) is 53.1 Å². The van der Waals surface area contributed by atoms with E-state index in [2.05, 4.69) is 25.2 Å². The van der Waals surface area contributed by atoms with Crippen LogP contribution in [-0.4, -0.2) is 54.7 Å². The average Bonchev–Trinajstić information content (AvgIpc) is 3.73. The Morgan fingerprint density at radius 3 is 2.45 bits per heavy atom. The monoisotopic (exact) mass is 899 g/mol. The van der Waals surface area contributed by atoms with E-state index in [4.69, 9.17) is 16.6 Å². The highest BCUT2D eigenvalue weighted by Gasteiger charge is 2.67. The van der Waals surface area contributed by atoms with Gasteiger partial charge in [0.2, 0.25) is 15.9 Å². The number of sulfonamides is 1. The van der Waals surface area contributed by atoms with Gasteiger partial charge in [-0.15, -0.1) is 0 Å². The van der Waals surface area contributed by atoms with Gasteiger partial charge in [-0.25, -0.2) is 40.3 Å². The van der Waals surface area contributed by atoms with E-state index in [1.54, 1.807) is 6.07 Å². The van der Waals surface area contributed by atoms with Crippen molar-refractivity contribution < 1.29 is 43.9 Å². The third-order valence-electron chi connectivity index (χ3n) is 10.8. The van der Waals surface area contributed by atoms with E-state index in [0.717, 1.165) is 23.0 Å². The molecule has 7 aromatic rings. The summed E-state index contributed by atoms with van der Waals surface area (Å²) in [4.78, 5) is 38.1. The number of fused-ring (bicyclic) bond motifs is 5. The number of amides is 1. The first-order valence-electron chi connectivity index (χ1n) is 18.6. The molecular weight excluding hydrogens is 871 g/mol. The SMILES string of the molecule is Cn1nc(NS(C)(=O)=O)c2c(Cl)ccc(-n3c([C@H](Cc4cc(F)cc(F)c4)NC(=O)Cn4nc(C(F)F)c5c4C(F)(F)C4CC54)nc4cc(-c5ccccc5F)cnc4c3=O)c21. The Kier molecular flexibility index (Phi) is 9.69. The summed E-state index contributed by atoms with van der Waals surface area (Å²) in [6, 6.07) is 10.6. The van der Waals surface area contributed by atoms with Crippen molar-refractivity contribution >= 4 is 55.3 Å². The first kappa shape index (κ1) is 41.0. The number of alkyl halides is 4. The zero-order valence-electron chi connectivity index (χ0n) is 32.0. The topological polar surface area (TPSA) is 159 Å². The van der Waals surface area contributed by atoms with Gasteiger partial charge in [-0.3, -0.25) is 28.2 Å². The van der Waals surface area contributed by atoms with Gasteiger partial charge in [0, 0.05) is 48.3 Å². The van der Waals surface area contributed by atoms with Crippen LogP contribution in [0.3, 0.4) is 0 Å². The lowest BCUT2D eigenvalue weighted by Crippen LogP contribution is -2.38. The van der Waals surface area contributed by atoms with Crippen LogP contribution in [0.5, 0.6) is 0 Å². The number of anilines is 1. The molecule has 0 saturated heterocycles. The Bertz CT molecular complexity index is 3190. The minimum atomic E-state index is -3.94. The molecule has 3 aromatic carbocycles. The van der Waals surface area contributed by atoms with Crippen LogP contribution in [0.25, 0.3) is 38.8 Å². The molecule has 22 heteroatoms. The summed E-state index contributed by atoms with van der Waals surface area (Å²) >= 11 is 6.59.